The van der Waals surface area contributed by atoms with Gasteiger partial charge in [-0.05, 0) is 13.8 Å². The Balaban J connectivity index is 3.55. The van der Waals surface area contributed by atoms with Crippen LogP contribution in [0.2, 0.25) is 0 Å². The van der Waals surface area contributed by atoms with Crippen molar-refractivity contribution in [2.75, 3.05) is 33.4 Å². The van der Waals surface area contributed by atoms with Crippen molar-refractivity contribution < 1.29 is 9.53 Å². The molecule has 2 N–H and O–H groups in total. The number of nitrogens with zero attached hydrogens (tertiary/aromatic N) is 1. The van der Waals surface area contributed by atoms with Gasteiger partial charge in [0.2, 0.25) is 5.91 Å². The number of amides is 1. The zero-order valence-corrected chi connectivity index (χ0v) is 9.59. The number of hydrogen-bond acceptors (Lipinski definition) is 4. The van der Waals surface area contributed by atoms with E-state index in [1.165, 1.54) is 0 Å². The van der Waals surface area contributed by atoms with Gasteiger partial charge in [0.15, 0.2) is 0 Å². The molecule has 0 saturated carbocycles. The summed E-state index contributed by atoms with van der Waals surface area (Å²) >= 11 is 0. The fourth-order valence-corrected chi connectivity index (χ4v) is 0.798. The van der Waals surface area contributed by atoms with Crippen LogP contribution in [0, 0.1) is 16.7 Å². The topological polar surface area (TPSA) is 74.2 Å². The van der Waals surface area contributed by atoms with E-state index in [4.69, 9.17) is 10.00 Å². The Hall–Kier alpha value is -1.12. The van der Waals surface area contributed by atoms with Crippen molar-refractivity contribution in [3.63, 3.8) is 0 Å². The summed E-state index contributed by atoms with van der Waals surface area (Å²) < 4.78 is 4.82. The van der Waals surface area contributed by atoms with Gasteiger partial charge in [0.25, 0.3) is 0 Å². The van der Waals surface area contributed by atoms with Crippen LogP contribution < -0.4 is 10.6 Å². The molecule has 0 aliphatic rings. The van der Waals surface area contributed by atoms with Gasteiger partial charge in [-0.25, -0.2) is 0 Å². The van der Waals surface area contributed by atoms with Gasteiger partial charge in [-0.2, -0.15) is 5.26 Å². The van der Waals surface area contributed by atoms with Crippen LogP contribution >= 0.6 is 0 Å². The molecule has 0 heterocycles. The first-order valence-corrected chi connectivity index (χ1v) is 4.89. The fourth-order valence-electron chi connectivity index (χ4n) is 0.798. The molecule has 0 saturated heterocycles. The zero-order chi connectivity index (χ0) is 11.7. The third-order valence-corrected chi connectivity index (χ3v) is 1.80. The van der Waals surface area contributed by atoms with E-state index in [9.17, 15) is 4.79 Å². The maximum absolute atomic E-state index is 11.2. The van der Waals surface area contributed by atoms with Crippen LogP contribution in [-0.4, -0.2) is 39.3 Å². The van der Waals surface area contributed by atoms with Crippen molar-refractivity contribution >= 4 is 5.91 Å². The Morgan fingerprint density at radius 3 is 2.73 bits per heavy atom. The number of rotatable bonds is 7. The summed E-state index contributed by atoms with van der Waals surface area (Å²) in [7, 11) is 1.61. The average Bonchev–Trinajstić information content (AvgIpc) is 2.22. The van der Waals surface area contributed by atoms with Crippen LogP contribution in [0.5, 0.6) is 0 Å². The maximum Gasteiger partial charge on any atom is 0.234 e. The van der Waals surface area contributed by atoms with E-state index >= 15 is 0 Å². The molecule has 0 bridgehead atoms. The second kappa shape index (κ2) is 7.21. The summed E-state index contributed by atoms with van der Waals surface area (Å²) in [5.74, 6) is -0.102. The monoisotopic (exact) mass is 213 g/mol. The molecule has 0 aromatic heterocycles. The molecule has 0 rings (SSSR count). The highest BCUT2D eigenvalue weighted by atomic mass is 16.5. The SMILES string of the molecule is COCCNCC(=O)NCC(C)(C)C#N. The molecule has 0 spiro atoms. The smallest absolute Gasteiger partial charge is 0.234 e. The van der Waals surface area contributed by atoms with Crippen LogP contribution in [0.25, 0.3) is 0 Å². The Morgan fingerprint density at radius 2 is 2.20 bits per heavy atom. The summed E-state index contributed by atoms with van der Waals surface area (Å²) in [4.78, 5) is 11.2. The van der Waals surface area contributed by atoms with Gasteiger partial charge in [0.1, 0.15) is 0 Å². The second-order valence-corrected chi connectivity index (χ2v) is 3.94. The minimum atomic E-state index is -0.512. The Labute approximate surface area is 90.8 Å². The van der Waals surface area contributed by atoms with Crippen molar-refractivity contribution in [3.8, 4) is 6.07 Å². The summed E-state index contributed by atoms with van der Waals surface area (Å²) in [5.41, 5.74) is -0.512. The van der Waals surface area contributed by atoms with Crippen LogP contribution in [0.3, 0.4) is 0 Å². The van der Waals surface area contributed by atoms with Crippen molar-refractivity contribution in [1.29, 1.82) is 5.26 Å². The Morgan fingerprint density at radius 1 is 1.53 bits per heavy atom. The van der Waals surface area contributed by atoms with Crippen molar-refractivity contribution in [2.24, 2.45) is 5.41 Å². The molecule has 0 atom stereocenters. The molecule has 0 unspecified atom stereocenters. The van der Waals surface area contributed by atoms with Crippen molar-refractivity contribution in [1.82, 2.24) is 10.6 Å². The molecule has 0 aromatic rings. The molecule has 5 heteroatoms. The van der Waals surface area contributed by atoms with E-state index in [1.807, 2.05) is 0 Å². The summed E-state index contributed by atoms with van der Waals surface area (Å²) in [6, 6.07) is 2.12. The predicted molar refractivity (Wildman–Crippen MR) is 57.1 cm³/mol. The Bertz CT molecular complexity index is 233. The third-order valence-electron chi connectivity index (χ3n) is 1.80. The van der Waals surface area contributed by atoms with Crippen LogP contribution in [0.1, 0.15) is 13.8 Å². The minimum Gasteiger partial charge on any atom is -0.383 e. The van der Waals surface area contributed by atoms with Gasteiger partial charge in [0, 0.05) is 20.2 Å². The first-order valence-electron chi connectivity index (χ1n) is 4.89. The van der Waals surface area contributed by atoms with Gasteiger partial charge < -0.3 is 15.4 Å². The predicted octanol–water partition coefficient (Wildman–Crippen LogP) is -0.112. The number of methoxy groups -OCH3 is 1. The van der Waals surface area contributed by atoms with Crippen molar-refractivity contribution in [2.45, 2.75) is 13.8 Å². The average molecular weight is 213 g/mol. The minimum absolute atomic E-state index is 0.102. The molecule has 15 heavy (non-hydrogen) atoms. The van der Waals surface area contributed by atoms with Crippen LogP contribution in [0.4, 0.5) is 0 Å². The molecular formula is C10H19N3O2. The van der Waals surface area contributed by atoms with E-state index in [1.54, 1.807) is 21.0 Å². The molecule has 0 aliphatic heterocycles. The summed E-state index contributed by atoms with van der Waals surface area (Å²) in [6.07, 6.45) is 0. The van der Waals surface area contributed by atoms with Gasteiger partial charge >= 0.3 is 0 Å². The molecule has 0 aliphatic carbocycles. The first-order chi connectivity index (χ1) is 7.02. The number of ether oxygens (including phenoxy) is 1. The van der Waals surface area contributed by atoms with Crippen LogP contribution in [0.15, 0.2) is 0 Å². The third kappa shape index (κ3) is 7.91. The molecule has 0 aromatic carbocycles. The standard InChI is InChI=1S/C10H19N3O2/c1-10(2,7-11)8-13-9(14)6-12-4-5-15-3/h12H,4-6,8H2,1-3H3,(H,13,14). The quantitative estimate of drug-likeness (QED) is 0.579. The van der Waals surface area contributed by atoms with E-state index in [0.717, 1.165) is 0 Å². The number of hydrogen-bond donors (Lipinski definition) is 2. The molecule has 1 amide bonds. The molecule has 0 fully saturated rings. The highest BCUT2D eigenvalue weighted by Crippen LogP contribution is 2.09. The maximum atomic E-state index is 11.2. The van der Waals surface area contributed by atoms with E-state index < -0.39 is 5.41 Å². The van der Waals surface area contributed by atoms with E-state index in [2.05, 4.69) is 16.7 Å². The van der Waals surface area contributed by atoms with Gasteiger partial charge in [0.05, 0.1) is 24.6 Å². The van der Waals surface area contributed by atoms with E-state index in [-0.39, 0.29) is 12.5 Å². The fraction of sp³-hybridized carbons (Fsp3) is 0.800. The number of carbonyl (C=O) groups is 1. The summed E-state index contributed by atoms with van der Waals surface area (Å²) in [5, 5.41) is 14.3. The largest absolute Gasteiger partial charge is 0.383 e. The highest BCUT2D eigenvalue weighted by molar-refractivity contribution is 5.78. The van der Waals surface area contributed by atoms with Crippen LogP contribution in [-0.2, 0) is 9.53 Å². The lowest BCUT2D eigenvalue weighted by molar-refractivity contribution is -0.120. The van der Waals surface area contributed by atoms with E-state index in [0.29, 0.717) is 19.7 Å². The zero-order valence-electron chi connectivity index (χ0n) is 9.59. The highest BCUT2D eigenvalue weighted by Gasteiger charge is 2.17. The van der Waals surface area contributed by atoms with Gasteiger partial charge in [-0.15, -0.1) is 0 Å². The second-order valence-electron chi connectivity index (χ2n) is 3.94. The summed E-state index contributed by atoms with van der Waals surface area (Å²) in [6.45, 7) is 5.42. The normalized spacial score (nSPS) is 10.8. The Kier molecular flexibility index (Phi) is 6.67. The lowest BCUT2D eigenvalue weighted by Gasteiger charge is -2.15. The molecular weight excluding hydrogens is 194 g/mol. The molecule has 5 nitrogen and oxygen atoms in total. The first kappa shape index (κ1) is 13.9. The molecule has 86 valence electrons. The number of nitrogens with one attached hydrogen (secondary N) is 2. The number of carbonyl (C=O) groups excluding carboxylic acids is 1. The van der Waals surface area contributed by atoms with Gasteiger partial charge in [-0.3, -0.25) is 4.79 Å². The lowest BCUT2D eigenvalue weighted by Crippen LogP contribution is -2.39. The number of nitriles is 1. The van der Waals surface area contributed by atoms with Gasteiger partial charge in [-0.1, -0.05) is 0 Å². The lowest BCUT2D eigenvalue weighted by atomic mass is 9.96. The molecule has 0 radical (unpaired) electrons. The van der Waals surface area contributed by atoms with Crippen molar-refractivity contribution in [3.05, 3.63) is 0 Å².